The van der Waals surface area contributed by atoms with Crippen LogP contribution in [0.15, 0.2) is 34.5 Å². The summed E-state index contributed by atoms with van der Waals surface area (Å²) in [5, 5.41) is 23.6. The van der Waals surface area contributed by atoms with Crippen LogP contribution in [-0.2, 0) is 4.74 Å². The van der Waals surface area contributed by atoms with E-state index in [2.05, 4.69) is 15.1 Å². The standard InChI is InChI=1S/C18H16N4O4/c1-9-15(10(2)26-22-9)18(24)25-11(3)16(23)12(8-19)17-20-13-6-4-5-7-14(13)21-17/h4-7,11,23H,1-3H3,(H,20,21)/b16-12-/t11-/m0/s1. The first kappa shape index (κ1) is 17.2. The van der Waals surface area contributed by atoms with Gasteiger partial charge in [0.15, 0.2) is 17.7 Å². The number of nitrogens with one attached hydrogen (secondary N) is 1. The number of esters is 1. The van der Waals surface area contributed by atoms with Crippen LogP contribution in [0.25, 0.3) is 16.6 Å². The number of hydrogen-bond donors (Lipinski definition) is 2. The topological polar surface area (TPSA) is 125 Å². The van der Waals surface area contributed by atoms with Gasteiger partial charge in [0.2, 0.25) is 0 Å². The Morgan fingerprint density at radius 2 is 2.12 bits per heavy atom. The molecule has 1 aromatic carbocycles. The van der Waals surface area contributed by atoms with Crippen molar-refractivity contribution < 1.29 is 19.2 Å². The van der Waals surface area contributed by atoms with Gasteiger partial charge in [-0.05, 0) is 32.9 Å². The first-order valence-corrected chi connectivity index (χ1v) is 7.84. The van der Waals surface area contributed by atoms with Gasteiger partial charge in [-0.1, -0.05) is 17.3 Å². The Labute approximate surface area is 148 Å². The largest absolute Gasteiger partial charge is 0.507 e. The molecule has 2 N–H and O–H groups in total. The van der Waals surface area contributed by atoms with Gasteiger partial charge in [0.05, 0.1) is 16.7 Å². The number of rotatable bonds is 4. The molecule has 0 aliphatic rings. The molecule has 0 unspecified atom stereocenters. The number of H-pyrrole nitrogens is 1. The number of carbonyl (C=O) groups excluding carboxylic acids is 1. The first-order valence-electron chi connectivity index (χ1n) is 7.84. The fourth-order valence-electron chi connectivity index (χ4n) is 2.56. The van der Waals surface area contributed by atoms with Crippen LogP contribution in [0.5, 0.6) is 0 Å². The summed E-state index contributed by atoms with van der Waals surface area (Å²) in [5.41, 5.74) is 1.87. The molecule has 2 heterocycles. The molecule has 2 aromatic heterocycles. The SMILES string of the molecule is Cc1noc(C)c1C(=O)O[C@@H](C)/C(O)=C(\C#N)c1nc2ccccc2[nH]1. The average molecular weight is 352 g/mol. The van der Waals surface area contributed by atoms with Gasteiger partial charge in [-0.3, -0.25) is 0 Å². The van der Waals surface area contributed by atoms with Crippen molar-refractivity contribution >= 4 is 22.6 Å². The summed E-state index contributed by atoms with van der Waals surface area (Å²) < 4.78 is 10.2. The molecule has 0 saturated carbocycles. The van der Waals surface area contributed by atoms with Gasteiger partial charge in [0.25, 0.3) is 0 Å². The predicted octanol–water partition coefficient (Wildman–Crippen LogP) is 3.21. The second kappa shape index (κ2) is 6.72. The van der Waals surface area contributed by atoms with E-state index in [1.165, 1.54) is 6.92 Å². The van der Waals surface area contributed by atoms with E-state index in [1.807, 2.05) is 18.2 Å². The molecular formula is C18H16N4O4. The van der Waals surface area contributed by atoms with E-state index >= 15 is 0 Å². The van der Waals surface area contributed by atoms with Crippen LogP contribution in [0.3, 0.4) is 0 Å². The zero-order valence-electron chi connectivity index (χ0n) is 14.4. The summed E-state index contributed by atoms with van der Waals surface area (Å²) in [6.45, 7) is 4.67. The van der Waals surface area contributed by atoms with E-state index in [1.54, 1.807) is 26.0 Å². The second-order valence-corrected chi connectivity index (χ2v) is 5.72. The molecule has 8 nitrogen and oxygen atoms in total. The molecular weight excluding hydrogens is 336 g/mol. The Kier molecular flexibility index (Phi) is 4.45. The molecule has 3 aromatic rings. The van der Waals surface area contributed by atoms with Gasteiger partial charge < -0.3 is 19.4 Å². The number of para-hydroxylation sites is 2. The molecule has 0 radical (unpaired) electrons. The summed E-state index contributed by atoms with van der Waals surface area (Å²) in [4.78, 5) is 19.5. The van der Waals surface area contributed by atoms with Crippen LogP contribution >= 0.6 is 0 Å². The van der Waals surface area contributed by atoms with Crippen LogP contribution in [0.2, 0.25) is 0 Å². The minimum absolute atomic E-state index is 0.0970. The fraction of sp³-hybridized carbons (Fsp3) is 0.222. The predicted molar refractivity (Wildman–Crippen MR) is 92.1 cm³/mol. The maximum Gasteiger partial charge on any atom is 0.344 e. The number of allylic oxidation sites excluding steroid dienone is 1. The van der Waals surface area contributed by atoms with E-state index in [-0.39, 0.29) is 17.0 Å². The lowest BCUT2D eigenvalue weighted by atomic mass is 10.1. The number of nitriles is 1. The number of aliphatic hydroxyl groups excluding tert-OH is 1. The molecule has 1 atom stereocenters. The third-order valence-electron chi connectivity index (χ3n) is 3.90. The maximum absolute atomic E-state index is 12.3. The zero-order valence-corrected chi connectivity index (χ0v) is 14.4. The summed E-state index contributed by atoms with van der Waals surface area (Å²) in [6, 6.07) is 9.13. The molecule has 0 fully saturated rings. The van der Waals surface area contributed by atoms with Crippen molar-refractivity contribution in [2.24, 2.45) is 0 Å². The molecule has 8 heteroatoms. The monoisotopic (exact) mass is 352 g/mol. The zero-order chi connectivity index (χ0) is 18.8. The summed E-state index contributed by atoms with van der Waals surface area (Å²) in [5.74, 6) is -0.568. The molecule has 0 aliphatic carbocycles. The Morgan fingerprint density at radius 3 is 2.73 bits per heavy atom. The lowest BCUT2D eigenvalue weighted by molar-refractivity contribution is 0.0331. The Bertz CT molecular complexity index is 1000. The smallest absolute Gasteiger partial charge is 0.344 e. The number of nitrogens with zero attached hydrogens (tertiary/aromatic N) is 3. The minimum atomic E-state index is -1.06. The van der Waals surface area contributed by atoms with Crippen LogP contribution in [0.1, 0.15) is 34.6 Å². The summed E-state index contributed by atoms with van der Waals surface area (Å²) in [6.07, 6.45) is -1.06. The van der Waals surface area contributed by atoms with Gasteiger partial charge >= 0.3 is 5.97 Å². The quantitative estimate of drug-likeness (QED) is 0.419. The van der Waals surface area contributed by atoms with Gasteiger partial charge in [0.1, 0.15) is 23.0 Å². The van der Waals surface area contributed by atoms with Gasteiger partial charge in [0, 0.05) is 0 Å². The minimum Gasteiger partial charge on any atom is -0.507 e. The fourth-order valence-corrected chi connectivity index (χ4v) is 2.56. The normalized spacial score (nSPS) is 13.2. The maximum atomic E-state index is 12.3. The summed E-state index contributed by atoms with van der Waals surface area (Å²) in [7, 11) is 0. The number of carbonyl (C=O) groups is 1. The number of aromatic amines is 1. The van der Waals surface area contributed by atoms with Gasteiger partial charge in [-0.2, -0.15) is 5.26 Å². The van der Waals surface area contributed by atoms with Crippen molar-refractivity contribution in [1.82, 2.24) is 15.1 Å². The van der Waals surface area contributed by atoms with E-state index in [0.29, 0.717) is 17.0 Å². The van der Waals surface area contributed by atoms with Crippen LogP contribution in [0, 0.1) is 25.2 Å². The van der Waals surface area contributed by atoms with Crippen molar-refractivity contribution in [2.75, 3.05) is 0 Å². The number of aryl methyl sites for hydroxylation is 2. The highest BCUT2D eigenvalue weighted by Gasteiger charge is 2.25. The van der Waals surface area contributed by atoms with Crippen LogP contribution in [0.4, 0.5) is 0 Å². The van der Waals surface area contributed by atoms with E-state index in [0.717, 1.165) is 5.52 Å². The van der Waals surface area contributed by atoms with Crippen molar-refractivity contribution in [3.63, 3.8) is 0 Å². The van der Waals surface area contributed by atoms with Crippen LogP contribution < -0.4 is 0 Å². The highest BCUT2D eigenvalue weighted by atomic mass is 16.6. The molecule has 132 valence electrons. The molecule has 0 amide bonds. The molecule has 3 rings (SSSR count). The molecule has 0 bridgehead atoms. The molecule has 0 spiro atoms. The second-order valence-electron chi connectivity index (χ2n) is 5.72. The van der Waals surface area contributed by atoms with Gasteiger partial charge in [-0.15, -0.1) is 0 Å². The van der Waals surface area contributed by atoms with E-state index in [9.17, 15) is 15.2 Å². The lowest BCUT2D eigenvalue weighted by Crippen LogP contribution is -2.19. The highest BCUT2D eigenvalue weighted by molar-refractivity contribution is 5.92. The third kappa shape index (κ3) is 3.02. The highest BCUT2D eigenvalue weighted by Crippen LogP contribution is 2.22. The van der Waals surface area contributed by atoms with Crippen molar-refractivity contribution in [3.8, 4) is 6.07 Å². The van der Waals surface area contributed by atoms with Gasteiger partial charge in [-0.25, -0.2) is 9.78 Å². The number of imidazole rings is 1. The Hall–Kier alpha value is -3.60. The third-order valence-corrected chi connectivity index (χ3v) is 3.90. The van der Waals surface area contributed by atoms with E-state index < -0.39 is 17.8 Å². The number of ether oxygens (including phenoxy) is 1. The number of aromatic nitrogens is 3. The molecule has 0 saturated heterocycles. The number of hydrogen-bond acceptors (Lipinski definition) is 7. The van der Waals surface area contributed by atoms with Crippen molar-refractivity contribution in [3.05, 3.63) is 52.9 Å². The van der Waals surface area contributed by atoms with Crippen LogP contribution in [-0.4, -0.2) is 32.3 Å². The molecule has 26 heavy (non-hydrogen) atoms. The van der Waals surface area contributed by atoms with Crippen molar-refractivity contribution in [2.45, 2.75) is 26.9 Å². The molecule has 0 aliphatic heterocycles. The Morgan fingerprint density at radius 1 is 1.38 bits per heavy atom. The number of aliphatic hydroxyl groups is 1. The first-order chi connectivity index (χ1) is 12.4. The lowest BCUT2D eigenvalue weighted by Gasteiger charge is -2.13. The number of benzene rings is 1. The Balaban J connectivity index is 1.90. The van der Waals surface area contributed by atoms with E-state index in [4.69, 9.17) is 9.26 Å². The average Bonchev–Trinajstić information content (AvgIpc) is 3.18. The number of fused-ring (bicyclic) bond motifs is 1. The van der Waals surface area contributed by atoms with Crippen molar-refractivity contribution in [1.29, 1.82) is 5.26 Å². The summed E-state index contributed by atoms with van der Waals surface area (Å²) >= 11 is 0.